The standard InChI is InChI=1S/C19H23N5O3/c1-26-14-8-7-12(16(9-14)27-2)10-20-19-22-17-15(18(25)23-19)11-21-24(17)13-5-3-4-6-13/h7-9,11,13H,3-6,10H2,1-2H3,(H2,20,22,23,25). The molecule has 2 N–H and O–H groups in total. The van der Waals surface area contributed by atoms with E-state index in [0.29, 0.717) is 35.3 Å². The Bertz CT molecular complexity index is 1000. The minimum absolute atomic E-state index is 0.187. The Morgan fingerprint density at radius 1 is 1.26 bits per heavy atom. The van der Waals surface area contributed by atoms with Crippen molar-refractivity contribution in [1.29, 1.82) is 0 Å². The van der Waals surface area contributed by atoms with Gasteiger partial charge in [-0.25, -0.2) is 4.68 Å². The van der Waals surface area contributed by atoms with Gasteiger partial charge in [-0.05, 0) is 25.0 Å². The monoisotopic (exact) mass is 369 g/mol. The molecule has 0 radical (unpaired) electrons. The van der Waals surface area contributed by atoms with Crippen molar-refractivity contribution in [3.8, 4) is 11.5 Å². The van der Waals surface area contributed by atoms with Crippen molar-refractivity contribution in [3.63, 3.8) is 0 Å². The number of aromatic nitrogens is 4. The minimum Gasteiger partial charge on any atom is -0.497 e. The number of fused-ring (bicyclic) bond motifs is 1. The van der Waals surface area contributed by atoms with Gasteiger partial charge in [0.25, 0.3) is 5.56 Å². The fraction of sp³-hybridized carbons (Fsp3) is 0.421. The van der Waals surface area contributed by atoms with E-state index in [4.69, 9.17) is 9.47 Å². The average Bonchev–Trinajstić information content (AvgIpc) is 3.35. The summed E-state index contributed by atoms with van der Waals surface area (Å²) in [5.74, 6) is 1.86. The molecule has 142 valence electrons. The Hall–Kier alpha value is -3.03. The van der Waals surface area contributed by atoms with Crippen LogP contribution in [0.3, 0.4) is 0 Å². The van der Waals surface area contributed by atoms with Crippen LogP contribution in [0, 0.1) is 0 Å². The second kappa shape index (κ2) is 7.30. The van der Waals surface area contributed by atoms with Crippen molar-refractivity contribution >= 4 is 17.0 Å². The third-order valence-electron chi connectivity index (χ3n) is 5.07. The van der Waals surface area contributed by atoms with E-state index in [1.807, 2.05) is 22.9 Å². The first-order chi connectivity index (χ1) is 13.2. The van der Waals surface area contributed by atoms with Gasteiger partial charge in [-0.3, -0.25) is 9.78 Å². The average molecular weight is 369 g/mol. The molecule has 2 heterocycles. The van der Waals surface area contributed by atoms with Crippen molar-refractivity contribution in [2.24, 2.45) is 0 Å². The number of anilines is 1. The molecule has 3 aromatic rings. The van der Waals surface area contributed by atoms with E-state index in [2.05, 4.69) is 20.4 Å². The van der Waals surface area contributed by atoms with Crippen LogP contribution in [0.2, 0.25) is 0 Å². The predicted octanol–water partition coefficient (Wildman–Crippen LogP) is 2.86. The van der Waals surface area contributed by atoms with Crippen molar-refractivity contribution in [3.05, 3.63) is 40.3 Å². The second-order valence-corrected chi connectivity index (χ2v) is 6.71. The lowest BCUT2D eigenvalue weighted by Gasteiger charge is -2.13. The molecule has 0 atom stereocenters. The molecule has 0 spiro atoms. The molecular weight excluding hydrogens is 346 g/mol. The molecule has 0 unspecified atom stereocenters. The summed E-state index contributed by atoms with van der Waals surface area (Å²) in [4.78, 5) is 19.8. The van der Waals surface area contributed by atoms with Crippen molar-refractivity contribution in [2.45, 2.75) is 38.3 Å². The SMILES string of the molecule is COc1ccc(CNc2nc3c(cnn3C3CCCC3)c(=O)[nH]2)c(OC)c1. The van der Waals surface area contributed by atoms with Crippen LogP contribution in [0.25, 0.3) is 11.0 Å². The van der Waals surface area contributed by atoms with Crippen LogP contribution in [0.1, 0.15) is 37.3 Å². The van der Waals surface area contributed by atoms with Crippen LogP contribution in [-0.4, -0.2) is 34.0 Å². The van der Waals surface area contributed by atoms with Gasteiger partial charge in [-0.1, -0.05) is 12.8 Å². The Balaban J connectivity index is 1.61. The summed E-state index contributed by atoms with van der Waals surface area (Å²) in [6.45, 7) is 0.458. The summed E-state index contributed by atoms with van der Waals surface area (Å²) in [5, 5.41) is 8.12. The van der Waals surface area contributed by atoms with Crippen LogP contribution >= 0.6 is 0 Å². The van der Waals surface area contributed by atoms with Gasteiger partial charge in [0.05, 0.1) is 26.5 Å². The van der Waals surface area contributed by atoms with Gasteiger partial charge in [0, 0.05) is 18.2 Å². The molecule has 8 heteroatoms. The van der Waals surface area contributed by atoms with Crippen LogP contribution in [0.15, 0.2) is 29.2 Å². The van der Waals surface area contributed by atoms with E-state index >= 15 is 0 Å². The zero-order chi connectivity index (χ0) is 18.8. The first kappa shape index (κ1) is 17.4. The molecule has 0 amide bonds. The maximum absolute atomic E-state index is 12.4. The number of hydrogen-bond acceptors (Lipinski definition) is 6. The van der Waals surface area contributed by atoms with Crippen LogP contribution < -0.4 is 20.3 Å². The van der Waals surface area contributed by atoms with E-state index in [0.717, 1.165) is 24.2 Å². The highest BCUT2D eigenvalue weighted by atomic mass is 16.5. The van der Waals surface area contributed by atoms with Gasteiger partial charge < -0.3 is 14.8 Å². The Kier molecular flexibility index (Phi) is 4.70. The van der Waals surface area contributed by atoms with E-state index in [1.165, 1.54) is 12.8 Å². The number of nitrogens with zero attached hydrogens (tertiary/aromatic N) is 3. The summed E-state index contributed by atoms with van der Waals surface area (Å²) in [6.07, 6.45) is 6.15. The molecule has 0 bridgehead atoms. The van der Waals surface area contributed by atoms with Crippen molar-refractivity contribution in [1.82, 2.24) is 19.7 Å². The van der Waals surface area contributed by atoms with Crippen LogP contribution in [0.4, 0.5) is 5.95 Å². The lowest BCUT2D eigenvalue weighted by atomic mass is 10.2. The third-order valence-corrected chi connectivity index (χ3v) is 5.07. The zero-order valence-corrected chi connectivity index (χ0v) is 15.5. The molecule has 0 aliphatic heterocycles. The molecule has 1 aliphatic rings. The van der Waals surface area contributed by atoms with Crippen LogP contribution in [0.5, 0.6) is 11.5 Å². The number of nitrogens with one attached hydrogen (secondary N) is 2. The van der Waals surface area contributed by atoms with Crippen molar-refractivity contribution < 1.29 is 9.47 Å². The fourth-order valence-electron chi connectivity index (χ4n) is 3.61. The van der Waals surface area contributed by atoms with E-state index in [1.54, 1.807) is 20.4 Å². The van der Waals surface area contributed by atoms with Crippen molar-refractivity contribution in [2.75, 3.05) is 19.5 Å². The number of methoxy groups -OCH3 is 2. The van der Waals surface area contributed by atoms with E-state index in [-0.39, 0.29) is 5.56 Å². The Labute approximate surface area is 156 Å². The van der Waals surface area contributed by atoms with E-state index < -0.39 is 0 Å². The summed E-state index contributed by atoms with van der Waals surface area (Å²) in [6, 6.07) is 5.94. The van der Waals surface area contributed by atoms with Gasteiger partial charge in [0.2, 0.25) is 5.95 Å². The number of rotatable bonds is 6. The second-order valence-electron chi connectivity index (χ2n) is 6.71. The molecule has 8 nitrogen and oxygen atoms in total. The quantitative estimate of drug-likeness (QED) is 0.694. The number of H-pyrrole nitrogens is 1. The first-order valence-corrected chi connectivity index (χ1v) is 9.12. The smallest absolute Gasteiger partial charge is 0.263 e. The highest BCUT2D eigenvalue weighted by Crippen LogP contribution is 2.30. The lowest BCUT2D eigenvalue weighted by molar-refractivity contribution is 0.391. The van der Waals surface area contributed by atoms with Gasteiger partial charge in [0.15, 0.2) is 5.65 Å². The Morgan fingerprint density at radius 2 is 2.07 bits per heavy atom. The number of aromatic amines is 1. The largest absolute Gasteiger partial charge is 0.497 e. The molecule has 2 aromatic heterocycles. The maximum Gasteiger partial charge on any atom is 0.263 e. The lowest BCUT2D eigenvalue weighted by Crippen LogP contribution is -2.15. The predicted molar refractivity (Wildman–Crippen MR) is 103 cm³/mol. The third kappa shape index (κ3) is 3.34. The topological polar surface area (TPSA) is 94.1 Å². The first-order valence-electron chi connectivity index (χ1n) is 9.12. The Morgan fingerprint density at radius 3 is 2.81 bits per heavy atom. The molecule has 1 saturated carbocycles. The molecular formula is C19H23N5O3. The minimum atomic E-state index is -0.187. The molecule has 27 heavy (non-hydrogen) atoms. The molecule has 1 aromatic carbocycles. The number of ether oxygens (including phenoxy) is 2. The van der Waals surface area contributed by atoms with Gasteiger partial charge in [-0.15, -0.1) is 0 Å². The summed E-state index contributed by atoms with van der Waals surface area (Å²) in [7, 11) is 3.23. The van der Waals surface area contributed by atoms with Gasteiger partial charge >= 0.3 is 0 Å². The van der Waals surface area contributed by atoms with Gasteiger partial charge in [0.1, 0.15) is 16.9 Å². The molecule has 0 saturated heterocycles. The van der Waals surface area contributed by atoms with Crippen LogP contribution in [-0.2, 0) is 6.54 Å². The van der Waals surface area contributed by atoms with E-state index in [9.17, 15) is 4.79 Å². The van der Waals surface area contributed by atoms with Gasteiger partial charge in [-0.2, -0.15) is 10.1 Å². The molecule has 1 aliphatic carbocycles. The number of benzene rings is 1. The zero-order valence-electron chi connectivity index (χ0n) is 15.5. The summed E-state index contributed by atoms with van der Waals surface area (Å²) in [5.41, 5.74) is 1.38. The summed E-state index contributed by atoms with van der Waals surface area (Å²) >= 11 is 0. The molecule has 1 fully saturated rings. The highest BCUT2D eigenvalue weighted by molar-refractivity contribution is 5.74. The maximum atomic E-state index is 12.4. The fourth-order valence-corrected chi connectivity index (χ4v) is 3.61. The number of hydrogen-bond donors (Lipinski definition) is 2. The molecule has 4 rings (SSSR count). The highest BCUT2D eigenvalue weighted by Gasteiger charge is 2.21. The summed E-state index contributed by atoms with van der Waals surface area (Å²) < 4.78 is 12.5. The normalized spacial score (nSPS) is 14.6.